The van der Waals surface area contributed by atoms with Crippen molar-refractivity contribution in [1.29, 1.82) is 0 Å². The number of fused-ring (bicyclic) bond motifs is 1. The Morgan fingerprint density at radius 3 is 2.56 bits per heavy atom. The van der Waals surface area contributed by atoms with Gasteiger partial charge in [-0.3, -0.25) is 0 Å². The molecule has 1 aromatic heterocycles. The van der Waals surface area contributed by atoms with Crippen LogP contribution < -0.4 is 15.5 Å². The molecule has 0 unspecified atom stereocenters. The summed E-state index contributed by atoms with van der Waals surface area (Å²) in [5, 5.41) is 6.35. The van der Waals surface area contributed by atoms with Gasteiger partial charge in [-0.25, -0.2) is 14.8 Å². The van der Waals surface area contributed by atoms with Crippen molar-refractivity contribution >= 4 is 17.7 Å². The van der Waals surface area contributed by atoms with Crippen molar-refractivity contribution in [2.45, 2.75) is 62.5 Å². The van der Waals surface area contributed by atoms with Crippen molar-refractivity contribution in [3.8, 4) is 11.3 Å². The van der Waals surface area contributed by atoms with E-state index in [1.165, 1.54) is 6.42 Å². The predicted molar refractivity (Wildman–Crippen MR) is 129 cm³/mol. The molecule has 182 valence electrons. The molecule has 2 aliphatic heterocycles. The third-order valence-electron chi connectivity index (χ3n) is 6.84. The molecule has 1 aliphatic carbocycles. The molecule has 2 saturated heterocycles. The van der Waals surface area contributed by atoms with Gasteiger partial charge < -0.3 is 29.7 Å². The summed E-state index contributed by atoms with van der Waals surface area (Å²) >= 11 is 0. The number of carbonyl (C=O) groups is 1. The number of hydrogen-bond acceptors (Lipinski definition) is 8. The van der Waals surface area contributed by atoms with E-state index in [1.807, 2.05) is 20.2 Å². The zero-order valence-electron chi connectivity index (χ0n) is 19.8. The van der Waals surface area contributed by atoms with Crippen molar-refractivity contribution in [3.05, 3.63) is 36.5 Å². The monoisotopic (exact) mass is 467 g/mol. The summed E-state index contributed by atoms with van der Waals surface area (Å²) in [7, 11) is 4.03. The quantitative estimate of drug-likeness (QED) is 0.668. The van der Waals surface area contributed by atoms with E-state index < -0.39 is 6.10 Å². The van der Waals surface area contributed by atoms with Crippen LogP contribution in [0.3, 0.4) is 0 Å². The highest BCUT2D eigenvalue weighted by Gasteiger charge is 2.49. The van der Waals surface area contributed by atoms with Gasteiger partial charge in [0.25, 0.3) is 0 Å². The van der Waals surface area contributed by atoms with Gasteiger partial charge in [-0.15, -0.1) is 0 Å². The topological polar surface area (TPSA) is 97.8 Å². The number of nitrogens with zero attached hydrogens (tertiary/aromatic N) is 3. The Morgan fingerprint density at radius 2 is 1.79 bits per heavy atom. The summed E-state index contributed by atoms with van der Waals surface area (Å²) in [6.07, 6.45) is 6.02. The second-order valence-electron chi connectivity index (χ2n) is 9.48. The Labute approximate surface area is 200 Å². The predicted octanol–water partition coefficient (Wildman–Crippen LogP) is 3.22. The molecule has 3 fully saturated rings. The van der Waals surface area contributed by atoms with Crippen LogP contribution in [0, 0.1) is 0 Å². The molecule has 1 saturated carbocycles. The Bertz CT molecular complexity index is 980. The molecule has 4 atom stereocenters. The standard InChI is InChI=1S/C25H33N5O4/c1-30(2)18-10-8-16(9-11-18)19-12-13-26-24(28-19)29-20-14-32-23-21(15-33-22(20)23)34-25(31)27-17-6-4-3-5-7-17/h8-13,17,20-23H,3-7,14-15H2,1-2H3,(H,27,31)(H,26,28,29)/t20-,21-,22-,23+/m1/s1. The van der Waals surface area contributed by atoms with Crippen molar-refractivity contribution in [1.82, 2.24) is 15.3 Å². The van der Waals surface area contributed by atoms with E-state index in [2.05, 4.69) is 49.8 Å². The Balaban J connectivity index is 1.17. The normalized spacial score (nSPS) is 26.6. The molecule has 9 heteroatoms. The Kier molecular flexibility index (Phi) is 6.82. The lowest BCUT2D eigenvalue weighted by atomic mass is 9.96. The maximum atomic E-state index is 12.4. The van der Waals surface area contributed by atoms with Gasteiger partial charge in [0.05, 0.1) is 24.9 Å². The smallest absolute Gasteiger partial charge is 0.407 e. The lowest BCUT2D eigenvalue weighted by Gasteiger charge is -2.24. The van der Waals surface area contributed by atoms with Gasteiger partial charge in [0.1, 0.15) is 12.2 Å². The van der Waals surface area contributed by atoms with Crippen molar-refractivity contribution in [3.63, 3.8) is 0 Å². The molecule has 1 aromatic carbocycles. The minimum absolute atomic E-state index is 0.119. The molecule has 5 rings (SSSR count). The molecule has 3 heterocycles. The molecular formula is C25H33N5O4. The number of ether oxygens (including phenoxy) is 3. The molecular weight excluding hydrogens is 434 g/mol. The van der Waals surface area contributed by atoms with E-state index in [4.69, 9.17) is 14.2 Å². The lowest BCUT2D eigenvalue weighted by Crippen LogP contribution is -2.42. The largest absolute Gasteiger partial charge is 0.441 e. The number of aromatic nitrogens is 2. The lowest BCUT2D eigenvalue weighted by molar-refractivity contribution is 0.00314. The minimum Gasteiger partial charge on any atom is -0.441 e. The van der Waals surface area contributed by atoms with Crippen molar-refractivity contribution < 1.29 is 19.0 Å². The number of rotatable bonds is 6. The van der Waals surface area contributed by atoms with Crippen molar-refractivity contribution in [2.24, 2.45) is 0 Å². The van der Waals surface area contributed by atoms with E-state index in [1.54, 1.807) is 6.20 Å². The Hall–Kier alpha value is -2.91. The Morgan fingerprint density at radius 1 is 1.03 bits per heavy atom. The first-order valence-corrected chi connectivity index (χ1v) is 12.1. The van der Waals surface area contributed by atoms with Gasteiger partial charge in [0.2, 0.25) is 5.95 Å². The number of anilines is 2. The fraction of sp³-hybridized carbons (Fsp3) is 0.560. The maximum absolute atomic E-state index is 12.4. The average Bonchev–Trinajstić information content (AvgIpc) is 3.43. The first-order valence-electron chi connectivity index (χ1n) is 12.1. The molecule has 34 heavy (non-hydrogen) atoms. The molecule has 0 spiro atoms. The second-order valence-corrected chi connectivity index (χ2v) is 9.48. The van der Waals surface area contributed by atoms with Crippen LogP contribution in [0.1, 0.15) is 32.1 Å². The fourth-order valence-corrected chi connectivity index (χ4v) is 4.96. The summed E-state index contributed by atoms with van der Waals surface area (Å²) < 4.78 is 17.6. The third kappa shape index (κ3) is 5.10. The number of alkyl carbamates (subject to hydrolysis) is 1. The van der Waals surface area contributed by atoms with E-state index in [0.717, 1.165) is 42.6 Å². The molecule has 3 aliphatic rings. The number of amides is 1. The zero-order valence-corrected chi connectivity index (χ0v) is 19.8. The first kappa shape index (κ1) is 22.9. The first-order chi connectivity index (χ1) is 16.6. The van der Waals surface area contributed by atoms with E-state index >= 15 is 0 Å². The summed E-state index contributed by atoms with van der Waals surface area (Å²) in [6, 6.07) is 10.2. The number of nitrogens with one attached hydrogen (secondary N) is 2. The van der Waals surface area contributed by atoms with Gasteiger partial charge in [-0.1, -0.05) is 31.4 Å². The number of carbonyl (C=O) groups excluding carboxylic acids is 1. The minimum atomic E-state index is -0.414. The van der Waals surface area contributed by atoms with Crippen LogP contribution in [-0.2, 0) is 14.2 Å². The van der Waals surface area contributed by atoms with Crippen molar-refractivity contribution in [2.75, 3.05) is 37.5 Å². The molecule has 0 radical (unpaired) electrons. The second kappa shape index (κ2) is 10.1. The van der Waals surface area contributed by atoms with Crippen LogP contribution in [0.15, 0.2) is 36.5 Å². The van der Waals surface area contributed by atoms with Gasteiger partial charge in [-0.2, -0.15) is 0 Å². The highest BCUT2D eigenvalue weighted by atomic mass is 16.6. The molecule has 9 nitrogen and oxygen atoms in total. The molecule has 1 amide bonds. The number of benzene rings is 1. The van der Waals surface area contributed by atoms with E-state index in [0.29, 0.717) is 19.2 Å². The maximum Gasteiger partial charge on any atom is 0.407 e. The van der Waals surface area contributed by atoms with Crippen LogP contribution in [0.5, 0.6) is 0 Å². The van der Waals surface area contributed by atoms with Crippen LogP contribution in [0.4, 0.5) is 16.4 Å². The van der Waals surface area contributed by atoms with Gasteiger partial charge in [0, 0.05) is 37.6 Å². The highest BCUT2D eigenvalue weighted by molar-refractivity contribution is 5.68. The summed E-state index contributed by atoms with van der Waals surface area (Å²) in [6.45, 7) is 0.759. The van der Waals surface area contributed by atoms with E-state index in [9.17, 15) is 4.79 Å². The van der Waals surface area contributed by atoms with Gasteiger partial charge >= 0.3 is 6.09 Å². The van der Waals surface area contributed by atoms with E-state index in [-0.39, 0.29) is 30.4 Å². The molecule has 0 bridgehead atoms. The van der Waals surface area contributed by atoms with Crippen LogP contribution in [0.2, 0.25) is 0 Å². The van der Waals surface area contributed by atoms with Crippen LogP contribution in [0.25, 0.3) is 11.3 Å². The summed E-state index contributed by atoms with van der Waals surface area (Å²) in [5.74, 6) is 0.520. The SMILES string of the molecule is CN(C)c1ccc(-c2ccnc(N[C@@H]3CO[C@@H]4[C@@H]3OC[C@H]4OC(=O)NC3CCCCC3)n2)cc1. The van der Waals surface area contributed by atoms with Crippen LogP contribution >= 0.6 is 0 Å². The third-order valence-corrected chi connectivity index (χ3v) is 6.84. The van der Waals surface area contributed by atoms with Gasteiger partial charge in [-0.05, 0) is 31.0 Å². The fourth-order valence-electron chi connectivity index (χ4n) is 4.96. The molecule has 2 aromatic rings. The summed E-state index contributed by atoms with van der Waals surface area (Å²) in [4.78, 5) is 23.5. The zero-order chi connectivity index (χ0) is 23.5. The molecule has 2 N–H and O–H groups in total. The average molecular weight is 468 g/mol. The van der Waals surface area contributed by atoms with Crippen LogP contribution in [-0.4, -0.2) is 73.8 Å². The number of hydrogen-bond donors (Lipinski definition) is 2. The van der Waals surface area contributed by atoms with Gasteiger partial charge in [0.15, 0.2) is 6.10 Å². The highest BCUT2D eigenvalue weighted by Crippen LogP contribution is 2.31. The summed E-state index contributed by atoms with van der Waals surface area (Å²) in [5.41, 5.74) is 2.99.